The van der Waals surface area contributed by atoms with Crippen LogP contribution in [0.15, 0.2) is 0 Å². The molecule has 0 aromatic heterocycles. The van der Waals surface area contributed by atoms with E-state index in [9.17, 15) is 4.79 Å². The summed E-state index contributed by atoms with van der Waals surface area (Å²) >= 11 is 0. The molecule has 3 nitrogen and oxygen atoms in total. The number of carbonyl (C=O) groups excluding carboxylic acids is 1. The molecular formula is C23H38N2O. The van der Waals surface area contributed by atoms with E-state index < -0.39 is 0 Å². The zero-order chi connectivity index (χ0) is 18.1. The monoisotopic (exact) mass is 358 g/mol. The average molecular weight is 359 g/mol. The second kappa shape index (κ2) is 5.96. The molecule has 2 N–H and O–H groups in total. The standard InChI is InChI=1S/C23H38N2O/c1-14-18-6-7-20-17-5-4-16-12-15(21(26)24-3)8-10-22(16,2)19(17)9-11-23(18,20)13-25-14/h14-20,25H,4-13H2,1-3H3,(H,24,26). The Kier molecular flexibility index (Phi) is 4.02. The summed E-state index contributed by atoms with van der Waals surface area (Å²) < 4.78 is 0. The predicted molar refractivity (Wildman–Crippen MR) is 105 cm³/mol. The molecule has 3 heteroatoms. The average Bonchev–Trinajstić information content (AvgIpc) is 3.18. The summed E-state index contributed by atoms with van der Waals surface area (Å²) in [5.74, 6) is 5.19. The van der Waals surface area contributed by atoms with Crippen molar-refractivity contribution in [1.82, 2.24) is 10.6 Å². The van der Waals surface area contributed by atoms with E-state index in [1.54, 1.807) is 7.05 Å². The molecule has 1 amide bonds. The Morgan fingerprint density at radius 3 is 2.62 bits per heavy atom. The zero-order valence-electron chi connectivity index (χ0n) is 17.0. The van der Waals surface area contributed by atoms with Crippen LogP contribution in [-0.2, 0) is 4.79 Å². The molecule has 5 fully saturated rings. The highest BCUT2D eigenvalue weighted by molar-refractivity contribution is 5.78. The summed E-state index contributed by atoms with van der Waals surface area (Å²) in [5.41, 5.74) is 1.15. The van der Waals surface area contributed by atoms with Gasteiger partial charge in [-0.15, -0.1) is 0 Å². The fourth-order valence-electron chi connectivity index (χ4n) is 9.14. The maximum Gasteiger partial charge on any atom is 0.222 e. The molecule has 0 aromatic carbocycles. The highest BCUT2D eigenvalue weighted by Gasteiger charge is 2.63. The third-order valence-electron chi connectivity index (χ3n) is 10.4. The number of fused-ring (bicyclic) bond motifs is 4. The first-order chi connectivity index (χ1) is 12.5. The van der Waals surface area contributed by atoms with Gasteiger partial charge in [-0.05, 0) is 105 Å². The summed E-state index contributed by atoms with van der Waals surface area (Å²) in [4.78, 5) is 12.2. The van der Waals surface area contributed by atoms with Crippen LogP contribution in [0.1, 0.15) is 71.6 Å². The Morgan fingerprint density at radius 1 is 1.00 bits per heavy atom. The molecule has 1 heterocycles. The Hall–Kier alpha value is -0.570. The van der Waals surface area contributed by atoms with Crippen LogP contribution < -0.4 is 10.6 Å². The minimum absolute atomic E-state index is 0.278. The summed E-state index contributed by atoms with van der Waals surface area (Å²) in [7, 11) is 1.81. The minimum Gasteiger partial charge on any atom is -0.359 e. The lowest BCUT2D eigenvalue weighted by Gasteiger charge is -2.61. The van der Waals surface area contributed by atoms with Gasteiger partial charge in [-0.3, -0.25) is 4.79 Å². The molecule has 1 aliphatic heterocycles. The molecule has 5 aliphatic rings. The summed E-state index contributed by atoms with van der Waals surface area (Å²) in [6.07, 6.45) is 12.3. The second-order valence-electron chi connectivity index (χ2n) is 10.9. The smallest absolute Gasteiger partial charge is 0.222 e. The van der Waals surface area contributed by atoms with Gasteiger partial charge < -0.3 is 10.6 Å². The fourth-order valence-corrected chi connectivity index (χ4v) is 9.14. The van der Waals surface area contributed by atoms with Crippen molar-refractivity contribution in [1.29, 1.82) is 0 Å². The maximum absolute atomic E-state index is 12.2. The topological polar surface area (TPSA) is 41.1 Å². The van der Waals surface area contributed by atoms with Crippen LogP contribution in [-0.4, -0.2) is 25.5 Å². The number of carbonyl (C=O) groups is 1. The molecule has 0 bridgehead atoms. The minimum atomic E-state index is 0.278. The number of nitrogens with one attached hydrogen (secondary N) is 2. The molecule has 4 saturated carbocycles. The molecule has 26 heavy (non-hydrogen) atoms. The molecule has 1 spiro atoms. The van der Waals surface area contributed by atoms with Crippen LogP contribution in [0.2, 0.25) is 0 Å². The van der Waals surface area contributed by atoms with Crippen molar-refractivity contribution < 1.29 is 4.79 Å². The third kappa shape index (κ3) is 2.19. The van der Waals surface area contributed by atoms with E-state index in [-0.39, 0.29) is 5.92 Å². The molecule has 0 aromatic rings. The van der Waals surface area contributed by atoms with Gasteiger partial charge in [0.15, 0.2) is 0 Å². The molecule has 9 atom stereocenters. The molecule has 1 saturated heterocycles. The third-order valence-corrected chi connectivity index (χ3v) is 10.4. The molecule has 146 valence electrons. The Morgan fingerprint density at radius 2 is 1.81 bits per heavy atom. The molecule has 9 unspecified atom stereocenters. The van der Waals surface area contributed by atoms with Crippen molar-refractivity contribution in [3.05, 3.63) is 0 Å². The highest BCUT2D eigenvalue weighted by Crippen LogP contribution is 2.69. The van der Waals surface area contributed by atoms with E-state index in [1.165, 1.54) is 51.5 Å². The van der Waals surface area contributed by atoms with Crippen molar-refractivity contribution in [3.63, 3.8) is 0 Å². The van der Waals surface area contributed by atoms with Gasteiger partial charge in [0, 0.05) is 25.6 Å². The largest absolute Gasteiger partial charge is 0.359 e. The van der Waals surface area contributed by atoms with Crippen molar-refractivity contribution in [3.8, 4) is 0 Å². The number of rotatable bonds is 1. The molecular weight excluding hydrogens is 320 g/mol. The first-order valence-electron chi connectivity index (χ1n) is 11.4. The first-order valence-corrected chi connectivity index (χ1v) is 11.4. The first kappa shape index (κ1) is 17.5. The van der Waals surface area contributed by atoms with Crippen molar-refractivity contribution in [2.24, 2.45) is 46.3 Å². The van der Waals surface area contributed by atoms with Crippen molar-refractivity contribution >= 4 is 5.91 Å². The van der Waals surface area contributed by atoms with Crippen molar-refractivity contribution in [2.45, 2.75) is 77.7 Å². The van der Waals surface area contributed by atoms with E-state index in [2.05, 4.69) is 24.5 Å². The molecule has 0 radical (unpaired) electrons. The lowest BCUT2D eigenvalue weighted by molar-refractivity contribution is -0.137. The lowest BCUT2D eigenvalue weighted by Crippen LogP contribution is -2.55. The number of hydrogen-bond acceptors (Lipinski definition) is 2. The number of hydrogen-bond donors (Lipinski definition) is 2. The number of amides is 1. The van der Waals surface area contributed by atoms with E-state index in [0.717, 1.165) is 48.5 Å². The van der Waals surface area contributed by atoms with Crippen LogP contribution >= 0.6 is 0 Å². The highest BCUT2D eigenvalue weighted by atomic mass is 16.1. The quantitative estimate of drug-likeness (QED) is 0.744. The molecule has 5 rings (SSSR count). The van der Waals surface area contributed by atoms with E-state index in [0.29, 0.717) is 16.7 Å². The van der Waals surface area contributed by atoms with E-state index in [4.69, 9.17) is 0 Å². The summed E-state index contributed by atoms with van der Waals surface area (Å²) in [5, 5.41) is 6.76. The van der Waals surface area contributed by atoms with Gasteiger partial charge in [-0.2, -0.15) is 0 Å². The van der Waals surface area contributed by atoms with Gasteiger partial charge >= 0.3 is 0 Å². The molecule has 4 aliphatic carbocycles. The Labute approximate surface area is 159 Å². The van der Waals surface area contributed by atoms with Gasteiger partial charge in [0.2, 0.25) is 5.91 Å². The maximum atomic E-state index is 12.2. The Balaban J connectivity index is 1.39. The lowest BCUT2D eigenvalue weighted by atomic mass is 9.44. The van der Waals surface area contributed by atoms with Crippen molar-refractivity contribution in [2.75, 3.05) is 13.6 Å². The van der Waals surface area contributed by atoms with Gasteiger partial charge in [0.05, 0.1) is 0 Å². The summed E-state index contributed by atoms with van der Waals surface area (Å²) in [6.45, 7) is 6.35. The van der Waals surface area contributed by atoms with Crippen LogP contribution in [0.5, 0.6) is 0 Å². The Bertz CT molecular complexity index is 591. The van der Waals surface area contributed by atoms with Crippen LogP contribution in [0.3, 0.4) is 0 Å². The van der Waals surface area contributed by atoms with Crippen LogP contribution in [0.25, 0.3) is 0 Å². The van der Waals surface area contributed by atoms with E-state index in [1.807, 2.05) is 0 Å². The van der Waals surface area contributed by atoms with Crippen LogP contribution in [0.4, 0.5) is 0 Å². The summed E-state index contributed by atoms with van der Waals surface area (Å²) in [6, 6.07) is 0.742. The normalized spacial score (nSPS) is 55.4. The van der Waals surface area contributed by atoms with Gasteiger partial charge in [0.25, 0.3) is 0 Å². The predicted octanol–water partition coefficient (Wildman–Crippen LogP) is 3.98. The zero-order valence-corrected chi connectivity index (χ0v) is 17.0. The fraction of sp³-hybridized carbons (Fsp3) is 0.957. The van der Waals surface area contributed by atoms with Gasteiger partial charge in [-0.25, -0.2) is 0 Å². The SMILES string of the molecule is CNC(=O)C1CCC2(C)C(CCC3C2CCC24CNC(C)C2CCC34)C1. The van der Waals surface area contributed by atoms with Gasteiger partial charge in [-0.1, -0.05) is 6.92 Å². The van der Waals surface area contributed by atoms with Crippen LogP contribution in [0, 0.1) is 46.3 Å². The van der Waals surface area contributed by atoms with E-state index >= 15 is 0 Å². The second-order valence-corrected chi connectivity index (χ2v) is 10.9. The van der Waals surface area contributed by atoms with Gasteiger partial charge in [0.1, 0.15) is 0 Å².